The number of aromatic nitrogens is 1. The summed E-state index contributed by atoms with van der Waals surface area (Å²) in [6, 6.07) is 3.55. The topological polar surface area (TPSA) is 71.6 Å². The van der Waals surface area contributed by atoms with E-state index in [1.807, 2.05) is 20.8 Å². The molecule has 0 atom stereocenters. The summed E-state index contributed by atoms with van der Waals surface area (Å²) >= 11 is 0. The van der Waals surface area contributed by atoms with Crippen LogP contribution in [0.2, 0.25) is 0 Å². The van der Waals surface area contributed by atoms with E-state index in [1.54, 1.807) is 23.2 Å². The summed E-state index contributed by atoms with van der Waals surface area (Å²) in [4.78, 5) is 28.4. The lowest BCUT2D eigenvalue weighted by Gasteiger charge is -2.33. The molecule has 0 radical (unpaired) electrons. The number of ether oxygens (including phenoxy) is 2. The van der Waals surface area contributed by atoms with Gasteiger partial charge in [0.05, 0.1) is 5.69 Å². The number of ketones is 1. The Morgan fingerprint density at radius 2 is 2.00 bits per heavy atom. The van der Waals surface area contributed by atoms with Gasteiger partial charge in [0.1, 0.15) is 12.2 Å². The van der Waals surface area contributed by atoms with Crippen LogP contribution in [0, 0.1) is 5.92 Å². The maximum absolute atomic E-state index is 12.0. The molecule has 1 amide bonds. The zero-order chi connectivity index (χ0) is 17.6. The zero-order valence-corrected chi connectivity index (χ0v) is 14.8. The normalized spacial score (nSPS) is 16.2. The van der Waals surface area contributed by atoms with Gasteiger partial charge in [-0.3, -0.25) is 4.79 Å². The summed E-state index contributed by atoms with van der Waals surface area (Å²) in [7, 11) is 0. The van der Waals surface area contributed by atoms with E-state index in [2.05, 4.69) is 4.98 Å². The maximum atomic E-state index is 12.0. The van der Waals surface area contributed by atoms with E-state index in [4.69, 9.17) is 9.47 Å². The van der Waals surface area contributed by atoms with Crippen molar-refractivity contribution < 1.29 is 19.1 Å². The Kier molecular flexibility index (Phi) is 6.43. The lowest BCUT2D eigenvalue weighted by molar-refractivity contribution is 0.0166. The van der Waals surface area contributed by atoms with Crippen molar-refractivity contribution in [1.29, 1.82) is 0 Å². The molecular weight excluding hydrogens is 308 g/mol. The Labute approximate surface area is 143 Å². The van der Waals surface area contributed by atoms with Gasteiger partial charge < -0.3 is 19.4 Å². The van der Waals surface area contributed by atoms with Crippen molar-refractivity contribution >= 4 is 11.9 Å². The van der Waals surface area contributed by atoms with Gasteiger partial charge in [-0.25, -0.2) is 4.79 Å². The Bertz CT molecular complexity index is 526. The number of amides is 1. The van der Waals surface area contributed by atoms with Crippen LogP contribution in [0.3, 0.4) is 0 Å². The fraction of sp³-hybridized carbons (Fsp3) is 0.667. The first-order valence-electron chi connectivity index (χ1n) is 8.57. The van der Waals surface area contributed by atoms with Crippen LogP contribution in [0.4, 0.5) is 4.79 Å². The second-order valence-electron chi connectivity index (χ2n) is 7.26. The van der Waals surface area contributed by atoms with Crippen molar-refractivity contribution in [1.82, 2.24) is 9.88 Å². The molecule has 1 aromatic heterocycles. The van der Waals surface area contributed by atoms with Gasteiger partial charge >= 0.3 is 6.09 Å². The Morgan fingerprint density at radius 1 is 1.29 bits per heavy atom. The standard InChI is InChI=1S/C18H28N2O4/c1-18(2,3)24-17(22)20-10-6-14(7-11-20)8-12-23-13-16(21)15-5-4-9-19-15/h4-5,9,14,19H,6-8,10-13H2,1-3H3. The highest BCUT2D eigenvalue weighted by molar-refractivity contribution is 5.95. The van der Waals surface area contributed by atoms with Crippen LogP contribution in [-0.2, 0) is 9.47 Å². The minimum atomic E-state index is -0.451. The molecule has 0 aromatic carbocycles. The van der Waals surface area contributed by atoms with Crippen LogP contribution in [0.1, 0.15) is 50.5 Å². The quantitative estimate of drug-likeness (QED) is 0.639. The fourth-order valence-corrected chi connectivity index (χ4v) is 2.73. The van der Waals surface area contributed by atoms with Crippen LogP contribution in [-0.4, -0.2) is 53.7 Å². The van der Waals surface area contributed by atoms with Gasteiger partial charge in [0, 0.05) is 25.9 Å². The molecule has 1 fully saturated rings. The number of rotatable bonds is 6. The van der Waals surface area contributed by atoms with E-state index in [9.17, 15) is 9.59 Å². The van der Waals surface area contributed by atoms with Gasteiger partial charge in [-0.1, -0.05) is 0 Å². The third-order valence-corrected chi connectivity index (χ3v) is 4.07. The predicted molar refractivity (Wildman–Crippen MR) is 91.1 cm³/mol. The highest BCUT2D eigenvalue weighted by Gasteiger charge is 2.26. The minimum Gasteiger partial charge on any atom is -0.444 e. The SMILES string of the molecule is CC(C)(C)OC(=O)N1CCC(CCOCC(=O)c2ccc[nH]2)CC1. The average molecular weight is 336 g/mol. The number of H-pyrrole nitrogens is 1. The number of hydrogen-bond acceptors (Lipinski definition) is 4. The number of piperidine rings is 1. The molecule has 0 spiro atoms. The molecule has 0 saturated carbocycles. The molecule has 6 nitrogen and oxygen atoms in total. The van der Waals surface area contributed by atoms with Crippen LogP contribution in [0.25, 0.3) is 0 Å². The minimum absolute atomic E-state index is 0.0280. The summed E-state index contributed by atoms with van der Waals surface area (Å²) in [6.45, 7) is 7.76. The Morgan fingerprint density at radius 3 is 2.58 bits per heavy atom. The molecule has 1 aliphatic rings. The number of nitrogens with zero attached hydrogens (tertiary/aromatic N) is 1. The van der Waals surface area contributed by atoms with Crippen LogP contribution in [0.15, 0.2) is 18.3 Å². The average Bonchev–Trinajstić information content (AvgIpc) is 3.04. The molecule has 134 valence electrons. The molecule has 24 heavy (non-hydrogen) atoms. The first-order valence-corrected chi connectivity index (χ1v) is 8.57. The lowest BCUT2D eigenvalue weighted by atomic mass is 9.94. The van der Waals surface area contributed by atoms with Crippen molar-refractivity contribution in [2.45, 2.75) is 45.6 Å². The van der Waals surface area contributed by atoms with Gasteiger partial charge in [0.25, 0.3) is 0 Å². The van der Waals surface area contributed by atoms with E-state index in [-0.39, 0.29) is 18.5 Å². The molecule has 1 aliphatic heterocycles. The van der Waals surface area contributed by atoms with Crippen molar-refractivity contribution in [3.05, 3.63) is 24.0 Å². The number of Topliss-reactive ketones (excluding diaryl/α,β-unsaturated/α-hetero) is 1. The number of nitrogens with one attached hydrogen (secondary N) is 1. The second kappa shape index (κ2) is 8.33. The van der Waals surface area contributed by atoms with Crippen LogP contribution >= 0.6 is 0 Å². The molecule has 0 bridgehead atoms. The molecular formula is C18H28N2O4. The third kappa shape index (κ3) is 6.00. The van der Waals surface area contributed by atoms with Crippen molar-refractivity contribution in [2.24, 2.45) is 5.92 Å². The van der Waals surface area contributed by atoms with E-state index in [0.29, 0.717) is 18.2 Å². The first-order chi connectivity index (χ1) is 11.3. The second-order valence-corrected chi connectivity index (χ2v) is 7.26. The number of carbonyl (C=O) groups excluding carboxylic acids is 2. The van der Waals surface area contributed by atoms with Gasteiger partial charge in [-0.2, -0.15) is 0 Å². The predicted octanol–water partition coefficient (Wildman–Crippen LogP) is 3.25. The summed E-state index contributed by atoms with van der Waals surface area (Å²) in [5, 5.41) is 0. The van der Waals surface area contributed by atoms with Gasteiger partial charge in [0.2, 0.25) is 5.78 Å². The Hall–Kier alpha value is -1.82. The number of aromatic amines is 1. The van der Waals surface area contributed by atoms with Crippen molar-refractivity contribution in [3.8, 4) is 0 Å². The van der Waals surface area contributed by atoms with Crippen LogP contribution in [0.5, 0.6) is 0 Å². The monoisotopic (exact) mass is 336 g/mol. The molecule has 1 saturated heterocycles. The smallest absolute Gasteiger partial charge is 0.410 e. The summed E-state index contributed by atoms with van der Waals surface area (Å²) in [5.41, 5.74) is 0.133. The molecule has 2 heterocycles. The van der Waals surface area contributed by atoms with E-state index in [1.165, 1.54) is 0 Å². The molecule has 6 heteroatoms. The lowest BCUT2D eigenvalue weighted by Crippen LogP contribution is -2.41. The Balaban J connectivity index is 1.60. The molecule has 2 rings (SSSR count). The number of hydrogen-bond donors (Lipinski definition) is 1. The molecule has 1 N–H and O–H groups in total. The molecule has 0 aliphatic carbocycles. The highest BCUT2D eigenvalue weighted by atomic mass is 16.6. The number of carbonyl (C=O) groups is 2. The van der Waals surface area contributed by atoms with Crippen molar-refractivity contribution in [2.75, 3.05) is 26.3 Å². The largest absolute Gasteiger partial charge is 0.444 e. The molecule has 0 unspecified atom stereocenters. The van der Waals surface area contributed by atoms with Crippen LogP contribution < -0.4 is 0 Å². The summed E-state index contributed by atoms with van der Waals surface area (Å²) in [6.07, 6.45) is 4.32. The van der Waals surface area contributed by atoms with E-state index >= 15 is 0 Å². The van der Waals surface area contributed by atoms with Crippen molar-refractivity contribution in [3.63, 3.8) is 0 Å². The molecule has 1 aromatic rings. The van der Waals surface area contributed by atoms with Gasteiger partial charge in [-0.15, -0.1) is 0 Å². The highest BCUT2D eigenvalue weighted by Crippen LogP contribution is 2.22. The van der Waals surface area contributed by atoms with E-state index < -0.39 is 5.60 Å². The summed E-state index contributed by atoms with van der Waals surface area (Å²) in [5.74, 6) is 0.504. The summed E-state index contributed by atoms with van der Waals surface area (Å²) < 4.78 is 10.9. The maximum Gasteiger partial charge on any atom is 0.410 e. The van der Waals surface area contributed by atoms with Gasteiger partial charge in [0.15, 0.2) is 0 Å². The first kappa shape index (κ1) is 18.5. The zero-order valence-electron chi connectivity index (χ0n) is 14.8. The third-order valence-electron chi connectivity index (χ3n) is 4.07. The number of likely N-dealkylation sites (tertiary alicyclic amines) is 1. The van der Waals surface area contributed by atoms with E-state index in [0.717, 1.165) is 32.4 Å². The fourth-order valence-electron chi connectivity index (χ4n) is 2.73. The van der Waals surface area contributed by atoms with Gasteiger partial charge in [-0.05, 0) is 58.1 Å².